The minimum atomic E-state index is -4.16. The Morgan fingerprint density at radius 3 is 2.20 bits per heavy atom. The molecular formula is C30H35Cl2N3O4S. The van der Waals surface area contributed by atoms with Gasteiger partial charge < -0.3 is 10.2 Å². The van der Waals surface area contributed by atoms with Crippen molar-refractivity contribution in [2.45, 2.75) is 57.5 Å². The summed E-state index contributed by atoms with van der Waals surface area (Å²) in [5.74, 6) is -0.805. The van der Waals surface area contributed by atoms with E-state index in [0.29, 0.717) is 28.6 Å². The predicted octanol–water partition coefficient (Wildman–Crippen LogP) is 6.22. The van der Waals surface area contributed by atoms with Gasteiger partial charge in [-0.2, -0.15) is 0 Å². The Kier molecular flexibility index (Phi) is 11.4. The number of unbranched alkanes of at least 4 members (excludes halogenated alkanes) is 1. The fourth-order valence-electron chi connectivity index (χ4n) is 4.30. The van der Waals surface area contributed by atoms with E-state index < -0.39 is 28.5 Å². The van der Waals surface area contributed by atoms with Crippen LogP contribution in [0.1, 0.15) is 44.2 Å². The van der Waals surface area contributed by atoms with Gasteiger partial charge in [-0.15, -0.1) is 0 Å². The molecule has 0 fully saturated rings. The number of nitrogens with one attached hydrogen (secondary N) is 1. The molecule has 0 saturated carbocycles. The second-order valence-electron chi connectivity index (χ2n) is 9.47. The molecule has 0 aromatic heterocycles. The maximum absolute atomic E-state index is 14.1. The number of carbonyl (C=O) groups excluding carboxylic acids is 2. The van der Waals surface area contributed by atoms with Crippen molar-refractivity contribution in [3.8, 4) is 0 Å². The topological polar surface area (TPSA) is 86.8 Å². The predicted molar refractivity (Wildman–Crippen MR) is 161 cm³/mol. The van der Waals surface area contributed by atoms with Gasteiger partial charge >= 0.3 is 0 Å². The fraction of sp³-hybridized carbons (Fsp3) is 0.333. The zero-order valence-electron chi connectivity index (χ0n) is 22.9. The molecule has 3 aromatic carbocycles. The van der Waals surface area contributed by atoms with Gasteiger partial charge in [0.25, 0.3) is 10.0 Å². The molecule has 7 nitrogen and oxygen atoms in total. The molecule has 1 atom stereocenters. The number of amides is 2. The highest BCUT2D eigenvalue weighted by molar-refractivity contribution is 7.92. The highest BCUT2D eigenvalue weighted by Gasteiger charge is 2.34. The first kappa shape index (κ1) is 31.5. The Hall–Kier alpha value is -3.07. The Bertz CT molecular complexity index is 1400. The number of rotatable bonds is 13. The lowest BCUT2D eigenvalue weighted by atomic mass is 10.1. The van der Waals surface area contributed by atoms with E-state index in [9.17, 15) is 18.0 Å². The van der Waals surface area contributed by atoms with Crippen molar-refractivity contribution in [1.29, 1.82) is 0 Å². The van der Waals surface area contributed by atoms with Gasteiger partial charge in [0.2, 0.25) is 11.8 Å². The smallest absolute Gasteiger partial charge is 0.264 e. The maximum Gasteiger partial charge on any atom is 0.264 e. The maximum atomic E-state index is 14.1. The minimum Gasteiger partial charge on any atom is -0.354 e. The molecule has 2 amide bonds. The van der Waals surface area contributed by atoms with E-state index in [2.05, 4.69) is 5.32 Å². The number of hydrogen-bond acceptors (Lipinski definition) is 4. The van der Waals surface area contributed by atoms with Crippen LogP contribution in [0.3, 0.4) is 0 Å². The lowest BCUT2D eigenvalue weighted by Gasteiger charge is -2.33. The molecule has 0 radical (unpaired) electrons. The molecule has 0 aliphatic heterocycles. The van der Waals surface area contributed by atoms with Gasteiger partial charge in [0.1, 0.15) is 12.6 Å². The first-order valence-electron chi connectivity index (χ1n) is 13.2. The van der Waals surface area contributed by atoms with Crippen LogP contribution in [0.2, 0.25) is 10.0 Å². The summed E-state index contributed by atoms with van der Waals surface area (Å²) in [7, 11) is -4.16. The number of hydrogen-bond donors (Lipinski definition) is 1. The molecule has 0 aliphatic rings. The fourth-order valence-corrected chi connectivity index (χ4v) is 6.08. The Morgan fingerprint density at radius 1 is 0.925 bits per heavy atom. The summed E-state index contributed by atoms with van der Waals surface area (Å²) in [5, 5.41) is 3.80. The molecule has 214 valence electrons. The van der Waals surface area contributed by atoms with E-state index in [4.69, 9.17) is 23.2 Å². The summed E-state index contributed by atoms with van der Waals surface area (Å²) in [4.78, 5) is 28.8. The summed E-state index contributed by atoms with van der Waals surface area (Å²) in [6.07, 6.45) is 2.07. The zero-order valence-corrected chi connectivity index (χ0v) is 25.3. The van der Waals surface area contributed by atoms with Crippen LogP contribution in [0.25, 0.3) is 0 Å². The second-order valence-corrected chi connectivity index (χ2v) is 12.2. The van der Waals surface area contributed by atoms with Gasteiger partial charge in [-0.05, 0) is 67.3 Å². The van der Waals surface area contributed by atoms with Crippen LogP contribution >= 0.6 is 23.2 Å². The number of halogens is 2. The molecule has 0 unspecified atom stereocenters. The first-order valence-corrected chi connectivity index (χ1v) is 15.4. The van der Waals surface area contributed by atoms with E-state index in [1.165, 1.54) is 23.1 Å². The van der Waals surface area contributed by atoms with E-state index in [1.807, 2.05) is 13.8 Å². The van der Waals surface area contributed by atoms with Gasteiger partial charge in [-0.3, -0.25) is 13.9 Å². The van der Waals surface area contributed by atoms with Crippen LogP contribution in [0.15, 0.2) is 77.7 Å². The van der Waals surface area contributed by atoms with Crippen LogP contribution in [0, 0.1) is 6.92 Å². The monoisotopic (exact) mass is 603 g/mol. The highest BCUT2D eigenvalue weighted by atomic mass is 35.5. The van der Waals surface area contributed by atoms with Crippen molar-refractivity contribution in [3.63, 3.8) is 0 Å². The van der Waals surface area contributed by atoms with Crippen molar-refractivity contribution in [2.24, 2.45) is 0 Å². The van der Waals surface area contributed by atoms with E-state index in [0.717, 1.165) is 22.7 Å². The van der Waals surface area contributed by atoms with Gasteiger partial charge in [0.15, 0.2) is 0 Å². The summed E-state index contributed by atoms with van der Waals surface area (Å²) in [6, 6.07) is 19.0. The van der Waals surface area contributed by atoms with Crippen LogP contribution < -0.4 is 9.62 Å². The third-order valence-corrected chi connectivity index (χ3v) is 8.79. The average molecular weight is 605 g/mol. The molecule has 10 heteroatoms. The van der Waals surface area contributed by atoms with Crippen molar-refractivity contribution >= 4 is 50.7 Å². The second kappa shape index (κ2) is 14.5. The normalized spacial score (nSPS) is 12.0. The van der Waals surface area contributed by atoms with Gasteiger partial charge in [-0.1, -0.05) is 79.9 Å². The number of sulfonamides is 1. The van der Waals surface area contributed by atoms with Crippen molar-refractivity contribution in [1.82, 2.24) is 10.2 Å². The summed E-state index contributed by atoms with van der Waals surface area (Å²) in [5.41, 5.74) is 1.68. The Morgan fingerprint density at radius 2 is 1.57 bits per heavy atom. The number of aryl methyl sites for hydroxylation is 1. The van der Waals surface area contributed by atoms with Crippen LogP contribution in [-0.2, 0) is 26.2 Å². The third kappa shape index (κ3) is 7.99. The minimum absolute atomic E-state index is 0.0378. The third-order valence-electron chi connectivity index (χ3n) is 6.53. The van der Waals surface area contributed by atoms with Gasteiger partial charge in [0, 0.05) is 23.1 Å². The molecule has 1 N–H and O–H groups in total. The van der Waals surface area contributed by atoms with Crippen LogP contribution in [-0.4, -0.2) is 44.3 Å². The first-order chi connectivity index (χ1) is 19.1. The molecule has 0 saturated heterocycles. The standard InChI is InChI=1S/C30H35Cl2N3O4S/c1-4-6-18-33-30(37)27(5-2)34(20-23-13-16-24(31)17-14-23)29(36)21-35(28-19-25(32)15-12-22(28)3)40(38,39)26-10-8-7-9-11-26/h7-17,19,27H,4-6,18,20-21H2,1-3H3,(H,33,37)/t27-/m0/s1. The van der Waals surface area contributed by atoms with Crippen molar-refractivity contribution in [2.75, 3.05) is 17.4 Å². The number of benzene rings is 3. The quantitative estimate of drug-likeness (QED) is 0.235. The van der Waals surface area contributed by atoms with Gasteiger partial charge in [0.05, 0.1) is 10.6 Å². The molecule has 3 rings (SSSR count). The van der Waals surface area contributed by atoms with E-state index in [-0.39, 0.29) is 23.0 Å². The van der Waals surface area contributed by atoms with Crippen LogP contribution in [0.4, 0.5) is 5.69 Å². The lowest BCUT2D eigenvalue weighted by molar-refractivity contribution is -0.140. The number of anilines is 1. The van der Waals surface area contributed by atoms with Gasteiger partial charge in [-0.25, -0.2) is 8.42 Å². The van der Waals surface area contributed by atoms with Crippen molar-refractivity contribution < 1.29 is 18.0 Å². The lowest BCUT2D eigenvalue weighted by Crippen LogP contribution is -2.52. The molecule has 3 aromatic rings. The Balaban J connectivity index is 2.06. The zero-order chi connectivity index (χ0) is 29.3. The summed E-state index contributed by atoms with van der Waals surface area (Å²) in [6.45, 7) is 5.68. The Labute approximate surface area is 247 Å². The molecular weight excluding hydrogens is 569 g/mol. The average Bonchev–Trinajstić information content (AvgIpc) is 2.94. The summed E-state index contributed by atoms with van der Waals surface area (Å²) < 4.78 is 28.9. The SMILES string of the molecule is CCCCNC(=O)[C@H](CC)N(Cc1ccc(Cl)cc1)C(=O)CN(c1cc(Cl)ccc1C)S(=O)(=O)c1ccccc1. The van der Waals surface area contributed by atoms with Crippen LogP contribution in [0.5, 0.6) is 0 Å². The molecule has 0 bridgehead atoms. The largest absolute Gasteiger partial charge is 0.354 e. The van der Waals surface area contributed by atoms with E-state index in [1.54, 1.807) is 61.5 Å². The molecule has 0 spiro atoms. The molecule has 0 heterocycles. The number of nitrogens with zero attached hydrogens (tertiary/aromatic N) is 2. The summed E-state index contributed by atoms with van der Waals surface area (Å²) >= 11 is 12.3. The number of carbonyl (C=O) groups is 2. The molecule has 40 heavy (non-hydrogen) atoms. The van der Waals surface area contributed by atoms with Crippen molar-refractivity contribution in [3.05, 3.63) is 94.0 Å². The highest BCUT2D eigenvalue weighted by Crippen LogP contribution is 2.30. The molecule has 0 aliphatic carbocycles. The van der Waals surface area contributed by atoms with E-state index >= 15 is 0 Å².